The van der Waals surface area contributed by atoms with E-state index in [0.29, 0.717) is 11.4 Å². The van der Waals surface area contributed by atoms with Crippen molar-refractivity contribution in [3.05, 3.63) is 53.6 Å². The third kappa shape index (κ3) is 3.99. The van der Waals surface area contributed by atoms with Crippen molar-refractivity contribution in [2.45, 2.75) is 26.9 Å². The summed E-state index contributed by atoms with van der Waals surface area (Å²) in [5, 5.41) is 2.85. The number of benzene rings is 2. The van der Waals surface area contributed by atoms with Gasteiger partial charge in [0.05, 0.1) is 0 Å². The van der Waals surface area contributed by atoms with Crippen LogP contribution in [0, 0.1) is 13.8 Å². The molecule has 0 unspecified atom stereocenters. The Balaban J connectivity index is 2.02. The molecule has 0 bridgehead atoms. The number of carbonyl (C=O) groups excluding carboxylic acids is 1. The van der Waals surface area contributed by atoms with E-state index in [4.69, 9.17) is 10.5 Å². The van der Waals surface area contributed by atoms with Gasteiger partial charge in [-0.15, -0.1) is 0 Å². The quantitative estimate of drug-likeness (QED) is 0.847. The first-order chi connectivity index (χ1) is 9.95. The van der Waals surface area contributed by atoms with Gasteiger partial charge in [0, 0.05) is 11.4 Å². The molecule has 1 atom stereocenters. The van der Waals surface area contributed by atoms with Gasteiger partial charge in [-0.25, -0.2) is 0 Å². The summed E-state index contributed by atoms with van der Waals surface area (Å²) < 4.78 is 5.66. The number of rotatable bonds is 4. The minimum absolute atomic E-state index is 0.190. The van der Waals surface area contributed by atoms with Crippen LogP contribution in [-0.2, 0) is 4.79 Å². The predicted molar refractivity (Wildman–Crippen MR) is 85.5 cm³/mol. The fourth-order valence-corrected chi connectivity index (χ4v) is 2.01. The van der Waals surface area contributed by atoms with Crippen LogP contribution in [0.3, 0.4) is 0 Å². The molecule has 1 amide bonds. The Kier molecular flexibility index (Phi) is 4.48. The summed E-state index contributed by atoms with van der Waals surface area (Å²) >= 11 is 0. The van der Waals surface area contributed by atoms with E-state index >= 15 is 0 Å². The minimum Gasteiger partial charge on any atom is -0.481 e. The standard InChI is InChI=1S/C17H20N2O2/c1-11-5-4-6-15(9-11)21-13(3)17(20)19-16-8-7-14(18)10-12(16)2/h4-10,13H,18H2,1-3H3,(H,19,20)/t13-/m1/s1. The van der Waals surface area contributed by atoms with E-state index in [-0.39, 0.29) is 5.91 Å². The Hall–Kier alpha value is -2.49. The molecule has 0 aliphatic carbocycles. The van der Waals surface area contributed by atoms with Crippen molar-refractivity contribution in [3.63, 3.8) is 0 Å². The SMILES string of the molecule is Cc1cccc(O[C@H](C)C(=O)Nc2ccc(N)cc2C)c1. The highest BCUT2D eigenvalue weighted by Crippen LogP contribution is 2.19. The van der Waals surface area contributed by atoms with Gasteiger partial charge < -0.3 is 15.8 Å². The third-order valence-electron chi connectivity index (χ3n) is 3.18. The monoisotopic (exact) mass is 284 g/mol. The number of nitrogen functional groups attached to an aromatic ring is 1. The van der Waals surface area contributed by atoms with Gasteiger partial charge in [0.2, 0.25) is 0 Å². The summed E-state index contributed by atoms with van der Waals surface area (Å²) in [6.45, 7) is 5.61. The summed E-state index contributed by atoms with van der Waals surface area (Å²) in [6, 6.07) is 13.0. The van der Waals surface area contributed by atoms with Gasteiger partial charge in [-0.05, 0) is 62.2 Å². The average molecular weight is 284 g/mol. The van der Waals surface area contributed by atoms with Gasteiger partial charge in [-0.3, -0.25) is 4.79 Å². The second kappa shape index (κ2) is 6.31. The fourth-order valence-electron chi connectivity index (χ4n) is 2.01. The largest absolute Gasteiger partial charge is 0.481 e. The van der Waals surface area contributed by atoms with E-state index in [1.807, 2.05) is 44.2 Å². The number of carbonyl (C=O) groups is 1. The highest BCUT2D eigenvalue weighted by atomic mass is 16.5. The van der Waals surface area contributed by atoms with E-state index in [0.717, 1.165) is 16.8 Å². The Morgan fingerprint density at radius 1 is 1.19 bits per heavy atom. The van der Waals surface area contributed by atoms with Gasteiger partial charge in [-0.2, -0.15) is 0 Å². The number of ether oxygens (including phenoxy) is 1. The molecule has 3 N–H and O–H groups in total. The van der Waals surface area contributed by atoms with Gasteiger partial charge in [0.1, 0.15) is 5.75 Å². The molecule has 4 nitrogen and oxygen atoms in total. The second-order valence-electron chi connectivity index (χ2n) is 5.14. The summed E-state index contributed by atoms with van der Waals surface area (Å²) in [6.07, 6.45) is -0.580. The molecule has 110 valence electrons. The lowest BCUT2D eigenvalue weighted by Gasteiger charge is -2.16. The Morgan fingerprint density at radius 3 is 2.62 bits per heavy atom. The average Bonchev–Trinajstić information content (AvgIpc) is 2.41. The topological polar surface area (TPSA) is 64.3 Å². The van der Waals surface area contributed by atoms with Crippen molar-refractivity contribution in [3.8, 4) is 5.75 Å². The van der Waals surface area contributed by atoms with E-state index in [2.05, 4.69) is 5.32 Å². The van der Waals surface area contributed by atoms with Crippen LogP contribution in [0.25, 0.3) is 0 Å². The Bertz CT molecular complexity index is 653. The van der Waals surface area contributed by atoms with Crippen molar-refractivity contribution in [1.82, 2.24) is 0 Å². The molecule has 0 saturated carbocycles. The van der Waals surface area contributed by atoms with Gasteiger partial charge in [-0.1, -0.05) is 12.1 Å². The molecule has 0 saturated heterocycles. The van der Waals surface area contributed by atoms with Crippen LogP contribution in [0.15, 0.2) is 42.5 Å². The molecular formula is C17H20N2O2. The van der Waals surface area contributed by atoms with Crippen molar-refractivity contribution < 1.29 is 9.53 Å². The lowest BCUT2D eigenvalue weighted by Crippen LogP contribution is -2.30. The van der Waals surface area contributed by atoms with Crippen LogP contribution >= 0.6 is 0 Å². The van der Waals surface area contributed by atoms with E-state index < -0.39 is 6.10 Å². The molecule has 0 aliphatic rings. The molecule has 0 fully saturated rings. The van der Waals surface area contributed by atoms with Crippen LogP contribution < -0.4 is 15.8 Å². The molecule has 0 aromatic heterocycles. The highest BCUT2D eigenvalue weighted by Gasteiger charge is 2.15. The van der Waals surface area contributed by atoms with Crippen molar-refractivity contribution in [2.75, 3.05) is 11.1 Å². The molecule has 21 heavy (non-hydrogen) atoms. The fraction of sp³-hybridized carbons (Fsp3) is 0.235. The van der Waals surface area contributed by atoms with Gasteiger partial charge in [0.25, 0.3) is 5.91 Å². The van der Waals surface area contributed by atoms with Crippen LogP contribution in [-0.4, -0.2) is 12.0 Å². The molecule has 2 aromatic carbocycles. The number of nitrogens with one attached hydrogen (secondary N) is 1. The van der Waals surface area contributed by atoms with Crippen molar-refractivity contribution in [1.29, 1.82) is 0 Å². The smallest absolute Gasteiger partial charge is 0.265 e. The maximum Gasteiger partial charge on any atom is 0.265 e. The van der Waals surface area contributed by atoms with Crippen LogP contribution in [0.4, 0.5) is 11.4 Å². The Morgan fingerprint density at radius 2 is 1.95 bits per heavy atom. The highest BCUT2D eigenvalue weighted by molar-refractivity contribution is 5.94. The predicted octanol–water partition coefficient (Wildman–Crippen LogP) is 3.29. The number of anilines is 2. The molecule has 2 aromatic rings. The van der Waals surface area contributed by atoms with E-state index in [1.165, 1.54) is 0 Å². The molecule has 4 heteroatoms. The molecule has 0 aliphatic heterocycles. The number of hydrogen-bond donors (Lipinski definition) is 2. The number of aryl methyl sites for hydroxylation is 2. The normalized spacial score (nSPS) is 11.8. The maximum absolute atomic E-state index is 12.2. The molecule has 0 radical (unpaired) electrons. The summed E-state index contributed by atoms with van der Waals surface area (Å²) in [5.74, 6) is 0.496. The number of amides is 1. The first kappa shape index (κ1) is 14.9. The molecule has 0 heterocycles. The second-order valence-corrected chi connectivity index (χ2v) is 5.14. The zero-order chi connectivity index (χ0) is 15.4. The Labute approximate surface area is 124 Å². The maximum atomic E-state index is 12.2. The zero-order valence-corrected chi connectivity index (χ0v) is 12.5. The molecular weight excluding hydrogens is 264 g/mol. The first-order valence-corrected chi connectivity index (χ1v) is 6.86. The van der Waals surface area contributed by atoms with Crippen LogP contribution in [0.1, 0.15) is 18.1 Å². The van der Waals surface area contributed by atoms with E-state index in [9.17, 15) is 4.79 Å². The summed E-state index contributed by atoms with van der Waals surface area (Å²) in [7, 11) is 0. The number of nitrogens with two attached hydrogens (primary N) is 1. The lowest BCUT2D eigenvalue weighted by atomic mass is 10.1. The molecule has 0 spiro atoms. The number of hydrogen-bond acceptors (Lipinski definition) is 3. The summed E-state index contributed by atoms with van der Waals surface area (Å²) in [5.41, 5.74) is 9.13. The van der Waals surface area contributed by atoms with Gasteiger partial charge >= 0.3 is 0 Å². The van der Waals surface area contributed by atoms with Crippen LogP contribution in [0.2, 0.25) is 0 Å². The lowest BCUT2D eigenvalue weighted by molar-refractivity contribution is -0.122. The summed E-state index contributed by atoms with van der Waals surface area (Å²) in [4.78, 5) is 12.2. The minimum atomic E-state index is -0.580. The van der Waals surface area contributed by atoms with Crippen LogP contribution in [0.5, 0.6) is 5.75 Å². The zero-order valence-electron chi connectivity index (χ0n) is 12.5. The van der Waals surface area contributed by atoms with Crippen molar-refractivity contribution in [2.24, 2.45) is 0 Å². The molecule has 2 rings (SSSR count). The van der Waals surface area contributed by atoms with E-state index in [1.54, 1.807) is 19.1 Å². The van der Waals surface area contributed by atoms with Crippen molar-refractivity contribution >= 4 is 17.3 Å². The van der Waals surface area contributed by atoms with Gasteiger partial charge in [0.15, 0.2) is 6.10 Å². The first-order valence-electron chi connectivity index (χ1n) is 6.86. The third-order valence-corrected chi connectivity index (χ3v) is 3.18.